The lowest BCUT2D eigenvalue weighted by Gasteiger charge is -2.04. The second-order valence-electron chi connectivity index (χ2n) is 3.87. The summed E-state index contributed by atoms with van der Waals surface area (Å²) in [5.74, 6) is 1.19. The summed E-state index contributed by atoms with van der Waals surface area (Å²) in [4.78, 5) is 11.6. The topological polar surface area (TPSA) is 67.2 Å². The fraction of sp³-hybridized carbons (Fsp3) is 0.231. The third-order valence-corrected chi connectivity index (χ3v) is 2.33. The highest BCUT2D eigenvalue weighted by atomic mass is 16.5. The highest BCUT2D eigenvalue weighted by Crippen LogP contribution is 2.11. The summed E-state index contributed by atoms with van der Waals surface area (Å²) in [6, 6.07) is 10.6. The van der Waals surface area contributed by atoms with E-state index in [0.717, 1.165) is 24.3 Å². The second-order valence-corrected chi connectivity index (χ2v) is 3.87. The standard InChI is InChI=1S/C13H15N3O2/c1-2-6-11-9-12(16-18-11)15-13(17)14-10-7-4-3-5-8-10/h3-5,7-9H,2,6H2,1H3,(H2,14,15,16,17). The average molecular weight is 245 g/mol. The molecule has 94 valence electrons. The molecule has 0 atom stereocenters. The second kappa shape index (κ2) is 5.86. The summed E-state index contributed by atoms with van der Waals surface area (Å²) in [6.07, 6.45) is 1.79. The number of aryl methyl sites for hydroxylation is 1. The van der Waals surface area contributed by atoms with Crippen LogP contribution in [0.3, 0.4) is 0 Å². The SMILES string of the molecule is CCCc1cc(NC(=O)Nc2ccccc2)no1. The van der Waals surface area contributed by atoms with E-state index in [1.165, 1.54) is 0 Å². The van der Waals surface area contributed by atoms with Gasteiger partial charge in [0.1, 0.15) is 5.76 Å². The summed E-state index contributed by atoms with van der Waals surface area (Å²) in [6.45, 7) is 2.05. The normalized spacial score (nSPS) is 10.1. The van der Waals surface area contributed by atoms with Gasteiger partial charge in [0.15, 0.2) is 5.82 Å². The molecule has 0 fully saturated rings. The number of hydrogen-bond acceptors (Lipinski definition) is 3. The van der Waals surface area contributed by atoms with Crippen LogP contribution in [0.1, 0.15) is 19.1 Å². The summed E-state index contributed by atoms with van der Waals surface area (Å²) in [5, 5.41) is 9.08. The quantitative estimate of drug-likeness (QED) is 0.868. The number of aromatic nitrogens is 1. The highest BCUT2D eigenvalue weighted by Gasteiger charge is 2.07. The molecule has 0 aliphatic heterocycles. The maximum Gasteiger partial charge on any atom is 0.324 e. The lowest BCUT2D eigenvalue weighted by Crippen LogP contribution is -2.19. The summed E-state index contributed by atoms with van der Waals surface area (Å²) >= 11 is 0. The maximum atomic E-state index is 11.6. The van der Waals surface area contributed by atoms with Gasteiger partial charge in [0.25, 0.3) is 0 Å². The molecule has 5 nitrogen and oxygen atoms in total. The predicted molar refractivity (Wildman–Crippen MR) is 69.6 cm³/mol. The lowest BCUT2D eigenvalue weighted by molar-refractivity contribution is 0.262. The molecule has 18 heavy (non-hydrogen) atoms. The van der Waals surface area contributed by atoms with E-state index in [4.69, 9.17) is 4.52 Å². The van der Waals surface area contributed by atoms with E-state index in [-0.39, 0.29) is 6.03 Å². The third-order valence-electron chi connectivity index (χ3n) is 2.33. The Labute approximate surface area is 105 Å². The zero-order chi connectivity index (χ0) is 12.8. The molecular weight excluding hydrogens is 230 g/mol. The predicted octanol–water partition coefficient (Wildman–Crippen LogP) is 3.27. The first-order chi connectivity index (χ1) is 8.78. The van der Waals surface area contributed by atoms with Gasteiger partial charge in [0.05, 0.1) is 0 Å². The molecule has 0 saturated heterocycles. The van der Waals surface area contributed by atoms with Gasteiger partial charge in [-0.1, -0.05) is 30.3 Å². The molecule has 0 aliphatic rings. The third kappa shape index (κ3) is 3.35. The number of nitrogens with one attached hydrogen (secondary N) is 2. The zero-order valence-electron chi connectivity index (χ0n) is 10.1. The van der Waals surface area contributed by atoms with Crippen molar-refractivity contribution in [1.82, 2.24) is 5.16 Å². The van der Waals surface area contributed by atoms with Crippen LogP contribution in [0.15, 0.2) is 40.9 Å². The minimum absolute atomic E-state index is 0.336. The zero-order valence-corrected chi connectivity index (χ0v) is 10.1. The van der Waals surface area contributed by atoms with Crippen molar-refractivity contribution < 1.29 is 9.32 Å². The van der Waals surface area contributed by atoms with E-state index < -0.39 is 0 Å². The lowest BCUT2D eigenvalue weighted by atomic mass is 10.3. The Kier molecular flexibility index (Phi) is 3.96. The van der Waals surface area contributed by atoms with Crippen LogP contribution in [0.5, 0.6) is 0 Å². The van der Waals surface area contributed by atoms with Gasteiger partial charge < -0.3 is 9.84 Å². The molecular formula is C13H15N3O2. The van der Waals surface area contributed by atoms with Crippen LogP contribution in [0, 0.1) is 0 Å². The molecule has 0 spiro atoms. The number of hydrogen-bond donors (Lipinski definition) is 2. The molecule has 5 heteroatoms. The van der Waals surface area contributed by atoms with Crippen molar-refractivity contribution in [1.29, 1.82) is 0 Å². The molecule has 0 unspecified atom stereocenters. The van der Waals surface area contributed by atoms with E-state index in [1.807, 2.05) is 30.3 Å². The molecule has 0 aliphatic carbocycles. The van der Waals surface area contributed by atoms with Crippen LogP contribution < -0.4 is 10.6 Å². The van der Waals surface area contributed by atoms with Crippen LogP contribution in [0.2, 0.25) is 0 Å². The van der Waals surface area contributed by atoms with E-state index in [1.54, 1.807) is 6.07 Å². The van der Waals surface area contributed by atoms with Gasteiger partial charge in [-0.2, -0.15) is 0 Å². The van der Waals surface area contributed by atoms with Crippen molar-refractivity contribution in [3.63, 3.8) is 0 Å². The van der Waals surface area contributed by atoms with Gasteiger partial charge in [0, 0.05) is 18.2 Å². The smallest absolute Gasteiger partial charge is 0.324 e. The molecule has 2 amide bonds. The van der Waals surface area contributed by atoms with Crippen LogP contribution in [-0.4, -0.2) is 11.2 Å². The molecule has 2 aromatic rings. The molecule has 2 rings (SSSR count). The number of anilines is 2. The van der Waals surface area contributed by atoms with E-state index in [9.17, 15) is 4.79 Å². The monoisotopic (exact) mass is 245 g/mol. The number of urea groups is 1. The number of benzene rings is 1. The molecule has 0 saturated carbocycles. The van der Waals surface area contributed by atoms with Crippen LogP contribution in [0.4, 0.5) is 16.3 Å². The Morgan fingerprint density at radius 1 is 1.28 bits per heavy atom. The van der Waals surface area contributed by atoms with Crippen LogP contribution in [-0.2, 0) is 6.42 Å². The van der Waals surface area contributed by atoms with Crippen molar-refractivity contribution in [2.75, 3.05) is 10.6 Å². The van der Waals surface area contributed by atoms with Crippen molar-refractivity contribution in [3.8, 4) is 0 Å². The van der Waals surface area contributed by atoms with Crippen molar-refractivity contribution in [3.05, 3.63) is 42.2 Å². The first-order valence-electron chi connectivity index (χ1n) is 5.86. The van der Waals surface area contributed by atoms with E-state index in [2.05, 4.69) is 22.7 Å². The number of para-hydroxylation sites is 1. The summed E-state index contributed by atoms with van der Waals surface area (Å²) in [5.41, 5.74) is 0.729. The number of carbonyl (C=O) groups is 1. The Balaban J connectivity index is 1.90. The van der Waals surface area contributed by atoms with Crippen molar-refractivity contribution >= 4 is 17.5 Å². The summed E-state index contributed by atoms with van der Waals surface area (Å²) in [7, 11) is 0. The number of nitrogens with zero attached hydrogens (tertiary/aromatic N) is 1. The van der Waals surface area contributed by atoms with Gasteiger partial charge in [-0.05, 0) is 18.6 Å². The Bertz CT molecular complexity index is 508. The van der Waals surface area contributed by atoms with Crippen LogP contribution in [0.25, 0.3) is 0 Å². The molecule has 2 N–H and O–H groups in total. The minimum Gasteiger partial charge on any atom is -0.359 e. The fourth-order valence-corrected chi connectivity index (χ4v) is 1.54. The molecule has 1 heterocycles. The number of amides is 2. The first kappa shape index (κ1) is 12.2. The minimum atomic E-state index is -0.336. The van der Waals surface area contributed by atoms with E-state index in [0.29, 0.717) is 5.82 Å². The molecule has 1 aromatic heterocycles. The van der Waals surface area contributed by atoms with Crippen LogP contribution >= 0.6 is 0 Å². The number of carbonyl (C=O) groups excluding carboxylic acids is 1. The average Bonchev–Trinajstić information content (AvgIpc) is 2.78. The van der Waals surface area contributed by atoms with Crippen molar-refractivity contribution in [2.24, 2.45) is 0 Å². The molecule has 1 aromatic carbocycles. The van der Waals surface area contributed by atoms with Gasteiger partial charge in [-0.25, -0.2) is 4.79 Å². The van der Waals surface area contributed by atoms with Gasteiger partial charge in [0.2, 0.25) is 0 Å². The van der Waals surface area contributed by atoms with Crippen molar-refractivity contribution in [2.45, 2.75) is 19.8 Å². The van der Waals surface area contributed by atoms with Gasteiger partial charge in [-0.15, -0.1) is 0 Å². The Hall–Kier alpha value is -2.30. The van der Waals surface area contributed by atoms with Gasteiger partial charge in [-0.3, -0.25) is 5.32 Å². The Morgan fingerprint density at radius 2 is 2.06 bits per heavy atom. The fourth-order valence-electron chi connectivity index (χ4n) is 1.54. The van der Waals surface area contributed by atoms with E-state index >= 15 is 0 Å². The first-order valence-corrected chi connectivity index (χ1v) is 5.86. The Morgan fingerprint density at radius 3 is 2.78 bits per heavy atom. The largest absolute Gasteiger partial charge is 0.359 e. The molecule has 0 bridgehead atoms. The maximum absolute atomic E-state index is 11.6. The van der Waals surface area contributed by atoms with Gasteiger partial charge >= 0.3 is 6.03 Å². The summed E-state index contributed by atoms with van der Waals surface area (Å²) < 4.78 is 5.06. The number of rotatable bonds is 4. The molecule has 0 radical (unpaired) electrons. The highest BCUT2D eigenvalue weighted by molar-refractivity contribution is 5.99.